The van der Waals surface area contributed by atoms with Crippen LogP contribution in [0.4, 0.5) is 0 Å². The Labute approximate surface area is 125 Å². The van der Waals surface area contributed by atoms with Crippen LogP contribution in [0.2, 0.25) is 0 Å². The number of pyridine rings is 1. The molecule has 0 spiro atoms. The zero-order valence-corrected chi connectivity index (χ0v) is 12.2. The summed E-state index contributed by atoms with van der Waals surface area (Å²) in [6, 6.07) is 4.59. The lowest BCUT2D eigenvalue weighted by molar-refractivity contribution is -0.134. The van der Waals surface area contributed by atoms with Gasteiger partial charge in [0.1, 0.15) is 5.69 Å². The van der Waals surface area contributed by atoms with Gasteiger partial charge < -0.3 is 14.2 Å². The molecule has 0 aliphatic heterocycles. The molecule has 0 N–H and O–H groups in total. The number of hydrogen-bond donors (Lipinski definition) is 0. The van der Waals surface area contributed by atoms with Gasteiger partial charge in [-0.15, -0.1) is 0 Å². The molecule has 1 aromatic heterocycles. The number of carbonyl (C=O) groups is 3. The van der Waals surface area contributed by atoms with Crippen LogP contribution in [-0.4, -0.2) is 30.0 Å². The standard InChI is InChI=1S/C15H13NO6/c1-8(17)21-13-5-4-10-6-12(15(19)20-3)16-7-11(10)14(13)22-9(2)18/h4-7H,1-3H3. The van der Waals surface area contributed by atoms with Crippen LogP contribution >= 0.6 is 0 Å². The summed E-state index contributed by atoms with van der Waals surface area (Å²) in [7, 11) is 1.25. The van der Waals surface area contributed by atoms with Crippen molar-refractivity contribution in [2.24, 2.45) is 0 Å². The predicted octanol–water partition coefficient (Wildman–Crippen LogP) is 1.87. The molecule has 114 valence electrons. The normalized spacial score (nSPS) is 10.1. The second-order valence-corrected chi connectivity index (χ2v) is 4.36. The number of benzene rings is 1. The predicted molar refractivity (Wildman–Crippen MR) is 75.7 cm³/mol. The molecule has 2 rings (SSSR count). The first-order valence-corrected chi connectivity index (χ1v) is 6.30. The number of nitrogens with zero attached hydrogens (tertiary/aromatic N) is 1. The Hall–Kier alpha value is -2.96. The average molecular weight is 303 g/mol. The third-order valence-electron chi connectivity index (χ3n) is 2.71. The SMILES string of the molecule is COC(=O)c1cc2ccc(OC(C)=O)c(OC(C)=O)c2cn1. The Morgan fingerprint density at radius 2 is 1.73 bits per heavy atom. The summed E-state index contributed by atoms with van der Waals surface area (Å²) in [5, 5.41) is 1.02. The fraction of sp³-hybridized carbons (Fsp3) is 0.200. The molecule has 0 saturated heterocycles. The zero-order valence-electron chi connectivity index (χ0n) is 12.2. The molecular weight excluding hydrogens is 290 g/mol. The Morgan fingerprint density at radius 3 is 2.32 bits per heavy atom. The van der Waals surface area contributed by atoms with E-state index in [1.807, 2.05) is 0 Å². The monoisotopic (exact) mass is 303 g/mol. The van der Waals surface area contributed by atoms with Crippen molar-refractivity contribution >= 4 is 28.7 Å². The summed E-state index contributed by atoms with van der Waals surface area (Å²) < 4.78 is 14.7. The van der Waals surface area contributed by atoms with Crippen LogP contribution in [0.1, 0.15) is 24.3 Å². The highest BCUT2D eigenvalue weighted by molar-refractivity contribution is 5.97. The van der Waals surface area contributed by atoms with E-state index in [4.69, 9.17) is 9.47 Å². The number of hydrogen-bond acceptors (Lipinski definition) is 7. The summed E-state index contributed by atoms with van der Waals surface area (Å²) >= 11 is 0. The summed E-state index contributed by atoms with van der Waals surface area (Å²) in [6.45, 7) is 2.47. The highest BCUT2D eigenvalue weighted by Gasteiger charge is 2.16. The van der Waals surface area contributed by atoms with Gasteiger partial charge >= 0.3 is 17.9 Å². The molecule has 0 amide bonds. The van der Waals surface area contributed by atoms with E-state index in [0.29, 0.717) is 10.8 Å². The smallest absolute Gasteiger partial charge is 0.356 e. The van der Waals surface area contributed by atoms with E-state index in [2.05, 4.69) is 9.72 Å². The first-order valence-electron chi connectivity index (χ1n) is 6.30. The molecule has 0 fully saturated rings. The van der Waals surface area contributed by atoms with Crippen molar-refractivity contribution in [3.8, 4) is 11.5 Å². The van der Waals surface area contributed by atoms with Gasteiger partial charge in [0.25, 0.3) is 0 Å². The van der Waals surface area contributed by atoms with Gasteiger partial charge in [0, 0.05) is 25.4 Å². The van der Waals surface area contributed by atoms with Crippen molar-refractivity contribution in [2.75, 3.05) is 7.11 Å². The molecule has 22 heavy (non-hydrogen) atoms. The molecule has 2 aromatic rings. The minimum atomic E-state index is -0.583. The maximum absolute atomic E-state index is 11.5. The number of methoxy groups -OCH3 is 1. The summed E-state index contributed by atoms with van der Waals surface area (Å²) in [4.78, 5) is 37.8. The number of fused-ring (bicyclic) bond motifs is 1. The summed E-state index contributed by atoms with van der Waals surface area (Å²) in [5.74, 6) is -1.53. The Kier molecular flexibility index (Phi) is 4.36. The second-order valence-electron chi connectivity index (χ2n) is 4.36. The average Bonchev–Trinajstić information content (AvgIpc) is 2.47. The minimum Gasteiger partial charge on any atom is -0.464 e. The fourth-order valence-electron chi connectivity index (χ4n) is 1.87. The van der Waals surface area contributed by atoms with E-state index in [-0.39, 0.29) is 17.2 Å². The summed E-state index contributed by atoms with van der Waals surface area (Å²) in [5.41, 5.74) is 0.115. The highest BCUT2D eigenvalue weighted by atomic mass is 16.6. The number of aromatic nitrogens is 1. The van der Waals surface area contributed by atoms with Crippen molar-refractivity contribution in [2.45, 2.75) is 13.8 Å². The molecule has 0 aliphatic rings. The van der Waals surface area contributed by atoms with Gasteiger partial charge in [0.2, 0.25) is 0 Å². The fourth-order valence-corrected chi connectivity index (χ4v) is 1.87. The number of carbonyl (C=O) groups excluding carboxylic acids is 3. The number of ether oxygens (including phenoxy) is 3. The van der Waals surface area contributed by atoms with Gasteiger partial charge in [-0.05, 0) is 17.5 Å². The lowest BCUT2D eigenvalue weighted by Gasteiger charge is -2.11. The van der Waals surface area contributed by atoms with Crippen molar-refractivity contribution in [1.29, 1.82) is 0 Å². The quantitative estimate of drug-likeness (QED) is 0.631. The van der Waals surface area contributed by atoms with E-state index < -0.39 is 17.9 Å². The number of esters is 3. The van der Waals surface area contributed by atoms with E-state index in [1.165, 1.54) is 39.3 Å². The number of rotatable bonds is 3. The second kappa shape index (κ2) is 6.21. The van der Waals surface area contributed by atoms with E-state index in [1.54, 1.807) is 6.07 Å². The Morgan fingerprint density at radius 1 is 1.05 bits per heavy atom. The van der Waals surface area contributed by atoms with Crippen molar-refractivity contribution in [3.05, 3.63) is 30.1 Å². The first-order chi connectivity index (χ1) is 10.4. The summed E-state index contributed by atoms with van der Waals surface area (Å²) in [6.07, 6.45) is 1.35. The lowest BCUT2D eigenvalue weighted by Crippen LogP contribution is -2.08. The molecule has 1 heterocycles. The first kappa shape index (κ1) is 15.4. The van der Waals surface area contributed by atoms with E-state index in [0.717, 1.165) is 0 Å². The van der Waals surface area contributed by atoms with Gasteiger partial charge in [-0.3, -0.25) is 9.59 Å². The van der Waals surface area contributed by atoms with Gasteiger partial charge in [-0.25, -0.2) is 9.78 Å². The third kappa shape index (κ3) is 3.20. The van der Waals surface area contributed by atoms with Gasteiger partial charge in [0.05, 0.1) is 7.11 Å². The molecule has 1 aromatic carbocycles. The van der Waals surface area contributed by atoms with Crippen LogP contribution in [0, 0.1) is 0 Å². The molecular formula is C15H13NO6. The molecule has 0 saturated carbocycles. The van der Waals surface area contributed by atoms with Gasteiger partial charge in [-0.2, -0.15) is 0 Å². The molecule has 0 unspecified atom stereocenters. The van der Waals surface area contributed by atoms with Crippen LogP contribution in [0.5, 0.6) is 11.5 Å². The van der Waals surface area contributed by atoms with Crippen molar-refractivity contribution in [1.82, 2.24) is 4.98 Å². The van der Waals surface area contributed by atoms with E-state index in [9.17, 15) is 14.4 Å². The molecule has 7 nitrogen and oxygen atoms in total. The van der Waals surface area contributed by atoms with Crippen LogP contribution < -0.4 is 9.47 Å². The van der Waals surface area contributed by atoms with Gasteiger partial charge in [-0.1, -0.05) is 6.07 Å². The Balaban J connectivity index is 2.62. The van der Waals surface area contributed by atoms with Gasteiger partial charge in [0.15, 0.2) is 11.5 Å². The van der Waals surface area contributed by atoms with Crippen LogP contribution in [0.3, 0.4) is 0 Å². The van der Waals surface area contributed by atoms with Crippen LogP contribution in [-0.2, 0) is 14.3 Å². The largest absolute Gasteiger partial charge is 0.464 e. The van der Waals surface area contributed by atoms with Crippen molar-refractivity contribution in [3.63, 3.8) is 0 Å². The lowest BCUT2D eigenvalue weighted by atomic mass is 10.1. The van der Waals surface area contributed by atoms with Crippen LogP contribution in [0.25, 0.3) is 10.8 Å². The Bertz CT molecular complexity index is 768. The molecule has 0 atom stereocenters. The molecule has 7 heteroatoms. The highest BCUT2D eigenvalue weighted by Crippen LogP contribution is 2.36. The maximum Gasteiger partial charge on any atom is 0.356 e. The van der Waals surface area contributed by atoms with Crippen LogP contribution in [0.15, 0.2) is 24.4 Å². The molecule has 0 radical (unpaired) electrons. The minimum absolute atomic E-state index is 0.0733. The maximum atomic E-state index is 11.5. The molecule has 0 aliphatic carbocycles. The third-order valence-corrected chi connectivity index (χ3v) is 2.71. The zero-order chi connectivity index (χ0) is 16.3. The van der Waals surface area contributed by atoms with E-state index >= 15 is 0 Å². The van der Waals surface area contributed by atoms with Crippen molar-refractivity contribution < 1.29 is 28.6 Å². The molecule has 0 bridgehead atoms. The topological polar surface area (TPSA) is 91.8 Å².